The molecule has 4 rings (SSSR count). The fourth-order valence-corrected chi connectivity index (χ4v) is 3.30. The van der Waals surface area contributed by atoms with Crippen LogP contribution in [0.2, 0.25) is 0 Å². The summed E-state index contributed by atoms with van der Waals surface area (Å²) in [5.74, 6) is 1.47. The Labute approximate surface area is 164 Å². The van der Waals surface area contributed by atoms with E-state index in [4.69, 9.17) is 15.2 Å². The van der Waals surface area contributed by atoms with Gasteiger partial charge in [-0.1, -0.05) is 60.7 Å². The molecule has 0 radical (unpaired) electrons. The maximum Gasteiger partial charge on any atom is 0.185 e. The highest BCUT2D eigenvalue weighted by molar-refractivity contribution is 5.90. The van der Waals surface area contributed by atoms with Crippen LogP contribution in [-0.4, -0.2) is 11.5 Å². The molecule has 0 aliphatic rings. The zero-order valence-corrected chi connectivity index (χ0v) is 15.7. The van der Waals surface area contributed by atoms with E-state index in [1.807, 2.05) is 48.7 Å². The topological polar surface area (TPSA) is 60.3 Å². The molecule has 142 valence electrons. The van der Waals surface area contributed by atoms with Crippen molar-refractivity contribution in [3.05, 3.63) is 95.7 Å². The van der Waals surface area contributed by atoms with Gasteiger partial charge in [-0.2, -0.15) is 0 Å². The molecule has 0 fully saturated rings. The molecule has 0 saturated heterocycles. The number of hydrogen-bond donors (Lipinski definition) is 2. The number of nitrogens with one attached hydrogen (secondary N) is 1. The Kier molecular flexibility index (Phi) is 5.59. The van der Waals surface area contributed by atoms with E-state index < -0.39 is 0 Å². The van der Waals surface area contributed by atoms with Crippen LogP contribution in [0.3, 0.4) is 0 Å². The van der Waals surface area contributed by atoms with E-state index in [9.17, 15) is 0 Å². The van der Waals surface area contributed by atoms with Gasteiger partial charge >= 0.3 is 0 Å². The standard InChI is InChI=1S/C24H24N2O2/c25-14-13-20-15-26-23-21(20)11-12-22(27-16-18-7-3-1-4-8-18)24(23)28-17-19-9-5-2-6-10-19/h1-12,15,26H,13-14,16-17,25H2. The first-order chi connectivity index (χ1) is 13.8. The third-order valence-corrected chi connectivity index (χ3v) is 4.74. The van der Waals surface area contributed by atoms with Gasteiger partial charge in [0, 0.05) is 11.6 Å². The number of aromatic amines is 1. The van der Waals surface area contributed by atoms with E-state index in [1.54, 1.807) is 0 Å². The summed E-state index contributed by atoms with van der Waals surface area (Å²) in [6.07, 6.45) is 2.83. The zero-order chi connectivity index (χ0) is 19.2. The fourth-order valence-electron chi connectivity index (χ4n) is 3.30. The Morgan fingerprint density at radius 3 is 2.04 bits per heavy atom. The first-order valence-corrected chi connectivity index (χ1v) is 9.51. The molecule has 4 aromatic rings. The summed E-state index contributed by atoms with van der Waals surface area (Å²) >= 11 is 0. The molecule has 28 heavy (non-hydrogen) atoms. The van der Waals surface area contributed by atoms with Gasteiger partial charge < -0.3 is 20.2 Å². The quantitative estimate of drug-likeness (QED) is 0.466. The first kappa shape index (κ1) is 18.1. The van der Waals surface area contributed by atoms with Gasteiger partial charge in [0.2, 0.25) is 0 Å². The Balaban J connectivity index is 1.64. The summed E-state index contributed by atoms with van der Waals surface area (Å²) < 4.78 is 12.3. The number of aromatic nitrogens is 1. The van der Waals surface area contributed by atoms with E-state index in [0.29, 0.717) is 19.8 Å². The lowest BCUT2D eigenvalue weighted by Gasteiger charge is -2.14. The van der Waals surface area contributed by atoms with Crippen molar-refractivity contribution in [3.63, 3.8) is 0 Å². The predicted molar refractivity (Wildman–Crippen MR) is 113 cm³/mol. The molecule has 0 unspecified atom stereocenters. The maximum absolute atomic E-state index is 6.23. The van der Waals surface area contributed by atoms with Crippen LogP contribution >= 0.6 is 0 Å². The Hall–Kier alpha value is -3.24. The SMILES string of the molecule is NCCc1c[nH]c2c(OCc3ccccc3)c(OCc3ccccc3)ccc12. The van der Waals surface area contributed by atoms with Crippen LogP contribution in [0.15, 0.2) is 79.0 Å². The molecule has 1 heterocycles. The lowest BCUT2D eigenvalue weighted by molar-refractivity contribution is 0.258. The highest BCUT2D eigenvalue weighted by Crippen LogP contribution is 2.37. The number of hydrogen-bond acceptors (Lipinski definition) is 3. The fraction of sp³-hybridized carbons (Fsp3) is 0.167. The molecule has 0 bridgehead atoms. The predicted octanol–water partition coefficient (Wildman–Crippen LogP) is 4.83. The van der Waals surface area contributed by atoms with Gasteiger partial charge in [0.15, 0.2) is 11.5 Å². The van der Waals surface area contributed by atoms with Gasteiger partial charge in [-0.15, -0.1) is 0 Å². The van der Waals surface area contributed by atoms with Crippen molar-refractivity contribution in [2.45, 2.75) is 19.6 Å². The van der Waals surface area contributed by atoms with E-state index >= 15 is 0 Å². The van der Waals surface area contributed by atoms with Crippen molar-refractivity contribution in [3.8, 4) is 11.5 Å². The largest absolute Gasteiger partial charge is 0.485 e. The van der Waals surface area contributed by atoms with Crippen LogP contribution in [0, 0.1) is 0 Å². The van der Waals surface area contributed by atoms with E-state index in [2.05, 4.69) is 35.3 Å². The van der Waals surface area contributed by atoms with Gasteiger partial charge in [-0.25, -0.2) is 0 Å². The number of benzene rings is 3. The van der Waals surface area contributed by atoms with Gasteiger partial charge in [-0.05, 0) is 41.8 Å². The molecule has 4 nitrogen and oxygen atoms in total. The number of H-pyrrole nitrogens is 1. The lowest BCUT2D eigenvalue weighted by Crippen LogP contribution is -2.02. The van der Waals surface area contributed by atoms with E-state index in [-0.39, 0.29) is 0 Å². The zero-order valence-electron chi connectivity index (χ0n) is 15.7. The maximum atomic E-state index is 6.23. The Morgan fingerprint density at radius 2 is 1.39 bits per heavy atom. The third-order valence-electron chi connectivity index (χ3n) is 4.74. The molecule has 0 aliphatic carbocycles. The van der Waals surface area contributed by atoms with Crippen LogP contribution in [0.5, 0.6) is 11.5 Å². The van der Waals surface area contributed by atoms with Crippen LogP contribution in [0.4, 0.5) is 0 Å². The van der Waals surface area contributed by atoms with Gasteiger partial charge in [-0.3, -0.25) is 0 Å². The van der Waals surface area contributed by atoms with E-state index in [0.717, 1.165) is 39.9 Å². The normalized spacial score (nSPS) is 10.9. The van der Waals surface area contributed by atoms with Crippen molar-refractivity contribution in [2.24, 2.45) is 5.73 Å². The van der Waals surface area contributed by atoms with Gasteiger partial charge in [0.1, 0.15) is 13.2 Å². The van der Waals surface area contributed by atoms with Crippen LogP contribution < -0.4 is 15.2 Å². The van der Waals surface area contributed by atoms with Crippen molar-refractivity contribution in [1.82, 2.24) is 4.98 Å². The molecule has 1 aromatic heterocycles. The average molecular weight is 372 g/mol. The Morgan fingerprint density at radius 1 is 0.750 bits per heavy atom. The molecule has 0 spiro atoms. The minimum Gasteiger partial charge on any atom is -0.485 e. The molecule has 0 atom stereocenters. The highest BCUT2D eigenvalue weighted by atomic mass is 16.5. The molecular weight excluding hydrogens is 348 g/mol. The number of ether oxygens (including phenoxy) is 2. The molecule has 0 amide bonds. The molecule has 3 aromatic carbocycles. The highest BCUT2D eigenvalue weighted by Gasteiger charge is 2.15. The van der Waals surface area contributed by atoms with Crippen LogP contribution in [-0.2, 0) is 19.6 Å². The van der Waals surface area contributed by atoms with Crippen molar-refractivity contribution in [1.29, 1.82) is 0 Å². The molecule has 0 saturated carbocycles. The smallest absolute Gasteiger partial charge is 0.185 e. The summed E-state index contributed by atoms with van der Waals surface area (Å²) in [6.45, 7) is 1.58. The monoisotopic (exact) mass is 372 g/mol. The first-order valence-electron chi connectivity index (χ1n) is 9.51. The second kappa shape index (κ2) is 8.63. The molecule has 0 aliphatic heterocycles. The summed E-state index contributed by atoms with van der Waals surface area (Å²) in [6, 6.07) is 24.3. The van der Waals surface area contributed by atoms with Crippen molar-refractivity contribution >= 4 is 10.9 Å². The molecular formula is C24H24N2O2. The van der Waals surface area contributed by atoms with E-state index in [1.165, 1.54) is 5.56 Å². The minimum absolute atomic E-state index is 0.479. The average Bonchev–Trinajstić information content (AvgIpc) is 3.16. The third kappa shape index (κ3) is 4.02. The number of fused-ring (bicyclic) bond motifs is 1. The van der Waals surface area contributed by atoms with Gasteiger partial charge in [0.05, 0.1) is 5.52 Å². The Bertz CT molecular complexity index is 1030. The number of nitrogens with two attached hydrogens (primary N) is 1. The number of rotatable bonds is 8. The second-order valence-corrected chi connectivity index (χ2v) is 6.72. The lowest BCUT2D eigenvalue weighted by atomic mass is 10.1. The van der Waals surface area contributed by atoms with Crippen molar-refractivity contribution in [2.75, 3.05) is 6.54 Å². The molecule has 4 heteroatoms. The second-order valence-electron chi connectivity index (χ2n) is 6.72. The summed E-state index contributed by atoms with van der Waals surface area (Å²) in [5, 5.41) is 1.13. The minimum atomic E-state index is 0.479. The van der Waals surface area contributed by atoms with Gasteiger partial charge in [0.25, 0.3) is 0 Å². The summed E-state index contributed by atoms with van der Waals surface area (Å²) in [5.41, 5.74) is 10.1. The summed E-state index contributed by atoms with van der Waals surface area (Å²) in [4.78, 5) is 3.36. The summed E-state index contributed by atoms with van der Waals surface area (Å²) in [7, 11) is 0. The van der Waals surface area contributed by atoms with Crippen molar-refractivity contribution < 1.29 is 9.47 Å². The van der Waals surface area contributed by atoms with Crippen LogP contribution in [0.1, 0.15) is 16.7 Å². The molecule has 3 N–H and O–H groups in total. The van der Waals surface area contributed by atoms with Crippen LogP contribution in [0.25, 0.3) is 10.9 Å².